The number of ether oxygens (including phenoxy) is 2. The van der Waals surface area contributed by atoms with Crippen molar-refractivity contribution < 1.29 is 14.3 Å². The van der Waals surface area contributed by atoms with Gasteiger partial charge in [0.25, 0.3) is 5.56 Å². The number of hydrogen-bond donors (Lipinski definition) is 1. The van der Waals surface area contributed by atoms with Gasteiger partial charge in [-0.2, -0.15) is 0 Å². The predicted octanol–water partition coefficient (Wildman–Crippen LogP) is 3.62. The summed E-state index contributed by atoms with van der Waals surface area (Å²) in [6.07, 6.45) is 0. The van der Waals surface area contributed by atoms with Crippen LogP contribution in [0.25, 0.3) is 5.69 Å². The second-order valence-corrected chi connectivity index (χ2v) is 8.12. The largest absolute Gasteiger partial charge is 0.493 e. The molecule has 0 aliphatic rings. The lowest BCUT2D eigenvalue weighted by Crippen LogP contribution is -2.27. The summed E-state index contributed by atoms with van der Waals surface area (Å²) in [7, 11) is 4.94. The van der Waals surface area contributed by atoms with Gasteiger partial charge in [0.15, 0.2) is 11.5 Å². The molecule has 3 aromatic rings. The van der Waals surface area contributed by atoms with Crippen LogP contribution in [0.15, 0.2) is 58.2 Å². The lowest BCUT2D eigenvalue weighted by atomic mass is 10.3. The number of nitrogens with one attached hydrogen (secondary N) is 1. The van der Waals surface area contributed by atoms with Crippen molar-refractivity contribution >= 4 is 23.4 Å². The van der Waals surface area contributed by atoms with Crippen LogP contribution in [-0.4, -0.2) is 34.7 Å². The van der Waals surface area contributed by atoms with Crippen LogP contribution >= 0.6 is 11.8 Å². The Kier molecular flexibility index (Phi) is 6.56. The lowest BCUT2D eigenvalue weighted by molar-refractivity contribution is -0.115. The van der Waals surface area contributed by atoms with Gasteiger partial charge in [-0.15, -0.1) is 11.8 Å². The van der Waals surface area contributed by atoms with Crippen LogP contribution in [0.2, 0.25) is 0 Å². The second-order valence-electron chi connectivity index (χ2n) is 6.70. The first-order valence-electron chi connectivity index (χ1n) is 9.41. The van der Waals surface area contributed by atoms with Crippen molar-refractivity contribution in [1.82, 2.24) is 9.36 Å². The maximum atomic E-state index is 13.0. The van der Waals surface area contributed by atoms with Crippen LogP contribution < -0.4 is 20.3 Å². The minimum absolute atomic E-state index is 0.249. The third-order valence-electron chi connectivity index (χ3n) is 4.84. The molecule has 1 aromatic heterocycles. The monoisotopic (exact) mass is 427 g/mol. The van der Waals surface area contributed by atoms with Crippen LogP contribution in [-0.2, 0) is 11.8 Å². The quantitative estimate of drug-likeness (QED) is 0.583. The molecule has 0 aliphatic carbocycles. The predicted molar refractivity (Wildman–Crippen MR) is 119 cm³/mol. The van der Waals surface area contributed by atoms with Crippen LogP contribution in [0.5, 0.6) is 11.5 Å². The van der Waals surface area contributed by atoms with Gasteiger partial charge in [-0.1, -0.05) is 18.2 Å². The van der Waals surface area contributed by atoms with E-state index in [9.17, 15) is 9.59 Å². The molecular weight excluding hydrogens is 402 g/mol. The van der Waals surface area contributed by atoms with E-state index in [4.69, 9.17) is 9.47 Å². The molecular formula is C22H25N3O4S. The maximum absolute atomic E-state index is 13.0. The summed E-state index contributed by atoms with van der Waals surface area (Å²) in [4.78, 5) is 26.6. The minimum Gasteiger partial charge on any atom is -0.493 e. The third-order valence-corrected chi connectivity index (χ3v) is 5.93. The Morgan fingerprint density at radius 1 is 1.07 bits per heavy atom. The van der Waals surface area contributed by atoms with Crippen molar-refractivity contribution in [2.45, 2.75) is 24.0 Å². The number of rotatable bonds is 7. The first-order valence-corrected chi connectivity index (χ1v) is 10.3. The molecule has 0 fully saturated rings. The van der Waals surface area contributed by atoms with E-state index in [1.54, 1.807) is 38.9 Å². The van der Waals surface area contributed by atoms with Crippen molar-refractivity contribution in [3.8, 4) is 17.2 Å². The highest BCUT2D eigenvalue weighted by molar-refractivity contribution is 8.00. The van der Waals surface area contributed by atoms with E-state index in [-0.39, 0.29) is 17.2 Å². The van der Waals surface area contributed by atoms with Gasteiger partial charge in [0.1, 0.15) is 5.69 Å². The standard InChI is InChI=1S/C22H25N3O4S/c1-14-20(22(27)25(24(14)3)16-9-7-6-8-10-16)23-21(26)15(2)30-17-11-12-18(28-4)19(13-17)29-5/h6-13,15H,1-5H3,(H,23,26). The van der Waals surface area contributed by atoms with Gasteiger partial charge in [0.2, 0.25) is 5.91 Å². The van der Waals surface area contributed by atoms with E-state index in [0.29, 0.717) is 17.2 Å². The van der Waals surface area contributed by atoms with Crippen LogP contribution in [0.4, 0.5) is 5.69 Å². The molecule has 0 radical (unpaired) electrons. The zero-order valence-electron chi connectivity index (χ0n) is 17.6. The van der Waals surface area contributed by atoms with E-state index >= 15 is 0 Å². The molecule has 1 N–H and O–H groups in total. The van der Waals surface area contributed by atoms with Crippen LogP contribution in [0.1, 0.15) is 12.6 Å². The van der Waals surface area contributed by atoms with Crippen molar-refractivity contribution in [1.29, 1.82) is 0 Å². The van der Waals surface area contributed by atoms with Gasteiger partial charge in [0.05, 0.1) is 30.9 Å². The van der Waals surface area contributed by atoms with E-state index in [1.807, 2.05) is 49.4 Å². The van der Waals surface area contributed by atoms with Crippen LogP contribution in [0.3, 0.4) is 0 Å². The number of amides is 1. The lowest BCUT2D eigenvalue weighted by Gasteiger charge is -2.13. The Bertz CT molecular complexity index is 1110. The first-order chi connectivity index (χ1) is 14.4. The number of thioether (sulfide) groups is 1. The van der Waals surface area contributed by atoms with E-state index in [2.05, 4.69) is 5.32 Å². The van der Waals surface area contributed by atoms with Gasteiger partial charge in [-0.05, 0) is 44.2 Å². The molecule has 1 atom stereocenters. The third kappa shape index (κ3) is 4.23. The molecule has 0 aliphatic heterocycles. The smallest absolute Gasteiger partial charge is 0.295 e. The molecule has 1 unspecified atom stereocenters. The number of carbonyl (C=O) groups is 1. The van der Waals surface area contributed by atoms with E-state index < -0.39 is 5.25 Å². The summed E-state index contributed by atoms with van der Waals surface area (Å²) in [6, 6.07) is 14.8. The minimum atomic E-state index is -0.424. The van der Waals surface area contributed by atoms with Gasteiger partial charge in [-0.3, -0.25) is 14.3 Å². The molecule has 7 nitrogen and oxygen atoms in total. The van der Waals surface area contributed by atoms with E-state index in [1.165, 1.54) is 16.4 Å². The van der Waals surface area contributed by atoms with Crippen molar-refractivity contribution in [2.75, 3.05) is 19.5 Å². The number of hydrogen-bond acceptors (Lipinski definition) is 5. The first kappa shape index (κ1) is 21.6. The molecule has 8 heteroatoms. The molecule has 2 aromatic carbocycles. The SMILES string of the molecule is COc1ccc(SC(C)C(=O)Nc2c(C)n(C)n(-c3ccccc3)c2=O)cc1OC. The van der Waals surface area contributed by atoms with Gasteiger partial charge < -0.3 is 14.8 Å². The van der Waals surface area contributed by atoms with E-state index in [0.717, 1.165) is 10.6 Å². The Balaban J connectivity index is 1.80. The Morgan fingerprint density at radius 3 is 2.37 bits per heavy atom. The number of nitrogens with zero attached hydrogens (tertiary/aromatic N) is 2. The summed E-state index contributed by atoms with van der Waals surface area (Å²) in [5.41, 5.74) is 1.44. The van der Waals surface area contributed by atoms with Crippen LogP contribution in [0, 0.1) is 6.92 Å². The summed E-state index contributed by atoms with van der Waals surface area (Å²) >= 11 is 1.38. The second kappa shape index (κ2) is 9.13. The molecule has 0 spiro atoms. The van der Waals surface area contributed by atoms with Crippen molar-refractivity contribution in [3.05, 3.63) is 64.6 Å². The Morgan fingerprint density at radius 2 is 1.73 bits per heavy atom. The van der Waals surface area contributed by atoms with Crippen molar-refractivity contribution in [2.24, 2.45) is 7.05 Å². The fraction of sp³-hybridized carbons (Fsp3) is 0.273. The summed E-state index contributed by atoms with van der Waals surface area (Å²) in [5.74, 6) is 0.973. The zero-order chi connectivity index (χ0) is 21.8. The highest BCUT2D eigenvalue weighted by Gasteiger charge is 2.22. The number of methoxy groups -OCH3 is 2. The fourth-order valence-electron chi connectivity index (χ4n) is 3.08. The number of benzene rings is 2. The maximum Gasteiger partial charge on any atom is 0.295 e. The molecule has 0 bridgehead atoms. The summed E-state index contributed by atoms with van der Waals surface area (Å²) < 4.78 is 13.8. The number of anilines is 1. The Labute approximate surface area is 179 Å². The number of aromatic nitrogens is 2. The number of para-hydroxylation sites is 1. The molecule has 0 saturated heterocycles. The Hall–Kier alpha value is -3.13. The summed E-state index contributed by atoms with van der Waals surface area (Å²) in [6.45, 7) is 3.60. The molecule has 1 amide bonds. The zero-order valence-corrected chi connectivity index (χ0v) is 18.4. The summed E-state index contributed by atoms with van der Waals surface area (Å²) in [5, 5.41) is 2.39. The topological polar surface area (TPSA) is 74.5 Å². The molecule has 30 heavy (non-hydrogen) atoms. The highest BCUT2D eigenvalue weighted by Crippen LogP contribution is 2.33. The average molecular weight is 428 g/mol. The van der Waals surface area contributed by atoms with Crippen molar-refractivity contribution in [3.63, 3.8) is 0 Å². The van der Waals surface area contributed by atoms with Gasteiger partial charge in [0, 0.05) is 11.9 Å². The molecule has 1 heterocycles. The molecule has 3 rings (SSSR count). The fourth-order valence-corrected chi connectivity index (χ4v) is 3.98. The highest BCUT2D eigenvalue weighted by atomic mass is 32.2. The molecule has 158 valence electrons. The van der Waals surface area contributed by atoms with Gasteiger partial charge >= 0.3 is 0 Å². The molecule has 0 saturated carbocycles. The number of carbonyl (C=O) groups excluding carboxylic acids is 1. The van der Waals surface area contributed by atoms with Gasteiger partial charge in [-0.25, -0.2) is 4.68 Å². The normalized spacial score (nSPS) is 11.8. The average Bonchev–Trinajstić information content (AvgIpc) is 2.97.